The quantitative estimate of drug-likeness (QED) is 0.803. The van der Waals surface area contributed by atoms with Crippen molar-refractivity contribution in [3.8, 4) is 0 Å². The predicted molar refractivity (Wildman–Crippen MR) is 68.9 cm³/mol. The molecular weight excluding hydrogens is 235 g/mol. The SMILES string of the molecule is CCOCC(=O)N(CCCN)c1cccc(F)c1. The van der Waals surface area contributed by atoms with Gasteiger partial charge in [-0.1, -0.05) is 6.07 Å². The maximum atomic E-state index is 13.2. The Kier molecular flexibility index (Phi) is 6.32. The van der Waals surface area contributed by atoms with Gasteiger partial charge in [0, 0.05) is 18.8 Å². The predicted octanol–water partition coefficient (Wildman–Crippen LogP) is 1.54. The molecule has 0 heterocycles. The summed E-state index contributed by atoms with van der Waals surface area (Å²) in [6, 6.07) is 5.95. The van der Waals surface area contributed by atoms with Crippen LogP contribution in [-0.4, -0.2) is 32.2 Å². The first-order chi connectivity index (χ1) is 8.69. The van der Waals surface area contributed by atoms with Crippen LogP contribution in [0.2, 0.25) is 0 Å². The molecule has 2 N–H and O–H groups in total. The van der Waals surface area contributed by atoms with Gasteiger partial charge in [-0.2, -0.15) is 0 Å². The molecule has 4 nitrogen and oxygen atoms in total. The molecule has 1 aromatic rings. The number of nitrogens with zero attached hydrogens (tertiary/aromatic N) is 1. The van der Waals surface area contributed by atoms with Gasteiger partial charge in [-0.05, 0) is 38.1 Å². The molecule has 1 aromatic carbocycles. The number of benzene rings is 1. The lowest BCUT2D eigenvalue weighted by molar-refractivity contribution is -0.122. The van der Waals surface area contributed by atoms with Crippen LogP contribution in [0.1, 0.15) is 13.3 Å². The second kappa shape index (κ2) is 7.79. The molecule has 18 heavy (non-hydrogen) atoms. The first kappa shape index (κ1) is 14.6. The Balaban J connectivity index is 2.80. The fourth-order valence-electron chi connectivity index (χ4n) is 1.56. The van der Waals surface area contributed by atoms with Crippen molar-refractivity contribution < 1.29 is 13.9 Å². The van der Waals surface area contributed by atoms with Gasteiger partial charge in [0.15, 0.2) is 0 Å². The second-order valence-corrected chi connectivity index (χ2v) is 3.80. The Hall–Kier alpha value is -1.46. The van der Waals surface area contributed by atoms with E-state index in [1.54, 1.807) is 12.1 Å². The van der Waals surface area contributed by atoms with Gasteiger partial charge < -0.3 is 15.4 Å². The second-order valence-electron chi connectivity index (χ2n) is 3.80. The molecule has 0 bridgehead atoms. The summed E-state index contributed by atoms with van der Waals surface area (Å²) in [5, 5.41) is 0. The highest BCUT2D eigenvalue weighted by Crippen LogP contribution is 2.16. The van der Waals surface area contributed by atoms with Crippen molar-refractivity contribution in [3.63, 3.8) is 0 Å². The first-order valence-electron chi connectivity index (χ1n) is 6.02. The van der Waals surface area contributed by atoms with Crippen LogP contribution < -0.4 is 10.6 Å². The minimum Gasteiger partial charge on any atom is -0.372 e. The van der Waals surface area contributed by atoms with Gasteiger partial charge in [0.1, 0.15) is 12.4 Å². The zero-order chi connectivity index (χ0) is 13.4. The van der Waals surface area contributed by atoms with E-state index in [9.17, 15) is 9.18 Å². The van der Waals surface area contributed by atoms with E-state index in [4.69, 9.17) is 10.5 Å². The lowest BCUT2D eigenvalue weighted by Gasteiger charge is -2.22. The van der Waals surface area contributed by atoms with Gasteiger partial charge in [0.25, 0.3) is 5.91 Å². The Morgan fingerprint density at radius 2 is 2.28 bits per heavy atom. The van der Waals surface area contributed by atoms with Gasteiger partial charge in [-0.25, -0.2) is 4.39 Å². The Bertz CT molecular complexity index is 385. The summed E-state index contributed by atoms with van der Waals surface area (Å²) in [4.78, 5) is 13.5. The summed E-state index contributed by atoms with van der Waals surface area (Å²) in [6.45, 7) is 3.23. The van der Waals surface area contributed by atoms with Crippen LogP contribution in [0, 0.1) is 5.82 Å². The van der Waals surface area contributed by atoms with E-state index in [0.29, 0.717) is 31.8 Å². The molecule has 1 rings (SSSR count). The molecule has 0 radical (unpaired) electrons. The van der Waals surface area contributed by atoms with E-state index in [-0.39, 0.29) is 18.3 Å². The maximum Gasteiger partial charge on any atom is 0.252 e. The van der Waals surface area contributed by atoms with E-state index in [0.717, 1.165) is 0 Å². The lowest BCUT2D eigenvalue weighted by atomic mass is 10.2. The third-order valence-electron chi connectivity index (χ3n) is 2.44. The number of ether oxygens (including phenoxy) is 1. The van der Waals surface area contributed by atoms with Crippen LogP contribution in [0.3, 0.4) is 0 Å². The summed E-state index contributed by atoms with van der Waals surface area (Å²) in [7, 11) is 0. The molecule has 0 atom stereocenters. The van der Waals surface area contributed by atoms with E-state index in [1.165, 1.54) is 17.0 Å². The molecule has 0 aliphatic rings. The van der Waals surface area contributed by atoms with Crippen molar-refractivity contribution in [3.05, 3.63) is 30.1 Å². The van der Waals surface area contributed by atoms with Gasteiger partial charge >= 0.3 is 0 Å². The number of carbonyl (C=O) groups excluding carboxylic acids is 1. The van der Waals surface area contributed by atoms with Crippen LogP contribution in [0.15, 0.2) is 24.3 Å². The van der Waals surface area contributed by atoms with E-state index >= 15 is 0 Å². The Labute approximate surface area is 107 Å². The molecule has 0 aliphatic carbocycles. The van der Waals surface area contributed by atoms with Crippen LogP contribution in [0.4, 0.5) is 10.1 Å². The Morgan fingerprint density at radius 1 is 1.50 bits per heavy atom. The molecule has 0 unspecified atom stereocenters. The number of rotatable bonds is 7. The van der Waals surface area contributed by atoms with Gasteiger partial charge in [0.2, 0.25) is 0 Å². The van der Waals surface area contributed by atoms with Crippen molar-refractivity contribution in [2.45, 2.75) is 13.3 Å². The molecule has 0 saturated heterocycles. The number of amides is 1. The minimum atomic E-state index is -0.366. The number of anilines is 1. The molecular formula is C13H19FN2O2. The van der Waals surface area contributed by atoms with Gasteiger partial charge in [-0.3, -0.25) is 4.79 Å². The summed E-state index contributed by atoms with van der Waals surface area (Å²) in [5.41, 5.74) is 5.98. The number of carbonyl (C=O) groups is 1. The molecule has 0 spiro atoms. The number of hydrogen-bond acceptors (Lipinski definition) is 3. The molecule has 100 valence electrons. The fraction of sp³-hybridized carbons (Fsp3) is 0.462. The topological polar surface area (TPSA) is 55.6 Å². The fourth-order valence-corrected chi connectivity index (χ4v) is 1.56. The average molecular weight is 254 g/mol. The summed E-state index contributed by atoms with van der Waals surface area (Å²) < 4.78 is 18.3. The van der Waals surface area contributed by atoms with Crippen molar-refractivity contribution in [2.75, 3.05) is 31.2 Å². The van der Waals surface area contributed by atoms with E-state index in [1.807, 2.05) is 6.92 Å². The lowest BCUT2D eigenvalue weighted by Crippen LogP contribution is -2.35. The highest BCUT2D eigenvalue weighted by Gasteiger charge is 2.15. The Morgan fingerprint density at radius 3 is 2.89 bits per heavy atom. The highest BCUT2D eigenvalue weighted by atomic mass is 19.1. The van der Waals surface area contributed by atoms with Crippen LogP contribution >= 0.6 is 0 Å². The van der Waals surface area contributed by atoms with Crippen LogP contribution in [-0.2, 0) is 9.53 Å². The molecule has 0 saturated carbocycles. The third kappa shape index (κ3) is 4.43. The maximum absolute atomic E-state index is 13.2. The van der Waals surface area contributed by atoms with Gasteiger partial charge in [0.05, 0.1) is 0 Å². The molecule has 0 aromatic heterocycles. The highest BCUT2D eigenvalue weighted by molar-refractivity contribution is 5.94. The largest absolute Gasteiger partial charge is 0.372 e. The van der Waals surface area contributed by atoms with Gasteiger partial charge in [-0.15, -0.1) is 0 Å². The zero-order valence-corrected chi connectivity index (χ0v) is 10.6. The standard InChI is InChI=1S/C13H19FN2O2/c1-2-18-10-13(17)16(8-4-7-15)12-6-3-5-11(14)9-12/h3,5-6,9H,2,4,7-8,10,15H2,1H3. The van der Waals surface area contributed by atoms with E-state index in [2.05, 4.69) is 0 Å². The number of nitrogens with two attached hydrogens (primary N) is 1. The molecule has 0 fully saturated rings. The molecule has 1 amide bonds. The minimum absolute atomic E-state index is 0.00240. The third-order valence-corrected chi connectivity index (χ3v) is 2.44. The summed E-state index contributed by atoms with van der Waals surface area (Å²) in [5.74, 6) is -0.551. The zero-order valence-electron chi connectivity index (χ0n) is 10.6. The van der Waals surface area contributed by atoms with Crippen LogP contribution in [0.25, 0.3) is 0 Å². The van der Waals surface area contributed by atoms with Crippen molar-refractivity contribution in [2.24, 2.45) is 5.73 Å². The monoisotopic (exact) mass is 254 g/mol. The number of halogens is 1. The normalized spacial score (nSPS) is 10.4. The van der Waals surface area contributed by atoms with Crippen molar-refractivity contribution in [1.29, 1.82) is 0 Å². The van der Waals surface area contributed by atoms with Crippen molar-refractivity contribution >= 4 is 11.6 Å². The first-order valence-corrected chi connectivity index (χ1v) is 6.02. The molecule has 5 heteroatoms. The number of hydrogen-bond donors (Lipinski definition) is 1. The van der Waals surface area contributed by atoms with Crippen molar-refractivity contribution in [1.82, 2.24) is 0 Å². The smallest absolute Gasteiger partial charge is 0.252 e. The average Bonchev–Trinajstić information content (AvgIpc) is 2.37. The molecule has 0 aliphatic heterocycles. The van der Waals surface area contributed by atoms with Crippen LogP contribution in [0.5, 0.6) is 0 Å². The van der Waals surface area contributed by atoms with E-state index < -0.39 is 0 Å². The summed E-state index contributed by atoms with van der Waals surface area (Å²) >= 11 is 0. The summed E-state index contributed by atoms with van der Waals surface area (Å²) in [6.07, 6.45) is 0.661.